The summed E-state index contributed by atoms with van der Waals surface area (Å²) in [6.07, 6.45) is 1.93. The van der Waals surface area contributed by atoms with Crippen molar-refractivity contribution in [3.05, 3.63) is 54.0 Å². The van der Waals surface area contributed by atoms with Gasteiger partial charge in [-0.05, 0) is 48.7 Å². The van der Waals surface area contributed by atoms with Crippen LogP contribution in [0.2, 0.25) is 0 Å². The molecule has 6 atom stereocenters. The Morgan fingerprint density at radius 1 is 1.10 bits per heavy atom. The maximum Gasteiger partial charge on any atom is 0.379 e. The van der Waals surface area contributed by atoms with E-state index in [0.717, 1.165) is 6.42 Å². The Kier molecular flexibility index (Phi) is 4.92. The van der Waals surface area contributed by atoms with Gasteiger partial charge in [-0.25, -0.2) is 4.79 Å². The second-order valence-corrected chi connectivity index (χ2v) is 8.94. The lowest BCUT2D eigenvalue weighted by Crippen LogP contribution is -2.39. The number of fused-ring (bicyclic) bond motifs is 1. The molecular weight excluding hydrogens is 472 g/mol. The van der Waals surface area contributed by atoms with Crippen LogP contribution in [0.15, 0.2) is 47.1 Å². The SMILES string of the molecule is O=C(COC(=O)[C@@H]1[C@H]2C[C@H]3[C@H](OC(=O)[C@H]31)[C@H]2Br)c1ccc(OC(=O)c2ccco2)cc1. The molecule has 0 unspecified atom stereocenters. The molecule has 2 aromatic rings. The van der Waals surface area contributed by atoms with Crippen molar-refractivity contribution < 1.29 is 37.8 Å². The lowest BCUT2D eigenvalue weighted by molar-refractivity contribution is -0.154. The fourth-order valence-electron chi connectivity index (χ4n) is 4.87. The van der Waals surface area contributed by atoms with Gasteiger partial charge in [0.05, 0.1) is 22.9 Å². The highest BCUT2D eigenvalue weighted by Crippen LogP contribution is 2.60. The van der Waals surface area contributed by atoms with Crippen LogP contribution in [0.4, 0.5) is 0 Å². The van der Waals surface area contributed by atoms with Crippen molar-refractivity contribution in [3.8, 4) is 5.75 Å². The van der Waals surface area contributed by atoms with Crippen LogP contribution in [0.3, 0.4) is 0 Å². The van der Waals surface area contributed by atoms with Crippen molar-refractivity contribution in [3.63, 3.8) is 0 Å². The summed E-state index contributed by atoms with van der Waals surface area (Å²) < 4.78 is 20.8. The molecule has 8 nitrogen and oxygen atoms in total. The predicted molar refractivity (Wildman–Crippen MR) is 107 cm³/mol. The Hall–Kier alpha value is -2.94. The summed E-state index contributed by atoms with van der Waals surface area (Å²) in [5.41, 5.74) is 0.303. The van der Waals surface area contributed by atoms with Crippen LogP contribution in [0.5, 0.6) is 5.75 Å². The highest BCUT2D eigenvalue weighted by atomic mass is 79.9. The molecular formula is C22H17BrO8. The number of ketones is 1. The number of carbonyl (C=O) groups excluding carboxylic acids is 4. The van der Waals surface area contributed by atoms with Gasteiger partial charge in [-0.1, -0.05) is 15.9 Å². The van der Waals surface area contributed by atoms with E-state index in [2.05, 4.69) is 15.9 Å². The minimum Gasteiger partial charge on any atom is -0.461 e. The number of hydrogen-bond donors (Lipinski definition) is 0. The highest BCUT2D eigenvalue weighted by Gasteiger charge is 2.68. The number of Topliss-reactive ketones (excluding diaryl/α,β-unsaturated/α-hetero) is 1. The van der Waals surface area contributed by atoms with E-state index in [0.29, 0.717) is 5.56 Å². The standard InChI is InChI=1S/C22H17BrO8/c23-18-12-8-13-17(22(27)31-19(13)18)16(12)21(26)29-9-14(24)10-3-5-11(6-4-10)30-20(25)15-2-1-7-28-15/h1-7,12-13,16-19H,8-9H2/t12-,13-,16-,17-,18+,19+/m1/s1. The molecule has 5 rings (SSSR count). The molecule has 160 valence electrons. The number of esters is 3. The molecule has 1 aromatic carbocycles. The zero-order chi connectivity index (χ0) is 21.7. The zero-order valence-corrected chi connectivity index (χ0v) is 17.6. The molecule has 0 radical (unpaired) electrons. The van der Waals surface area contributed by atoms with E-state index in [1.54, 1.807) is 6.07 Å². The number of benzene rings is 1. The molecule has 9 heteroatoms. The van der Waals surface area contributed by atoms with Crippen LogP contribution in [0.1, 0.15) is 27.3 Å². The Labute approximate surface area is 184 Å². The van der Waals surface area contributed by atoms with Crippen LogP contribution in [0, 0.1) is 23.7 Å². The summed E-state index contributed by atoms with van der Waals surface area (Å²) in [5.74, 6) is -2.70. The van der Waals surface area contributed by atoms with Gasteiger partial charge in [0.15, 0.2) is 12.4 Å². The predicted octanol–water partition coefficient (Wildman–Crippen LogP) is 2.80. The molecule has 0 spiro atoms. The molecule has 1 aromatic heterocycles. The summed E-state index contributed by atoms with van der Waals surface area (Å²) in [6.45, 7) is -0.434. The third kappa shape index (κ3) is 3.37. The van der Waals surface area contributed by atoms with Crippen LogP contribution >= 0.6 is 15.9 Å². The van der Waals surface area contributed by atoms with E-state index in [9.17, 15) is 19.2 Å². The first-order chi connectivity index (χ1) is 14.9. The summed E-state index contributed by atoms with van der Waals surface area (Å²) >= 11 is 3.54. The van der Waals surface area contributed by atoms with Crippen molar-refractivity contribution in [1.82, 2.24) is 0 Å². The molecule has 3 aliphatic rings. The summed E-state index contributed by atoms with van der Waals surface area (Å²) in [5, 5.41) is 0. The van der Waals surface area contributed by atoms with Gasteiger partial charge < -0.3 is 18.6 Å². The van der Waals surface area contributed by atoms with Crippen molar-refractivity contribution in [2.24, 2.45) is 23.7 Å². The Bertz CT molecular complexity index is 1040. The number of halogens is 1. The van der Waals surface area contributed by atoms with E-state index < -0.39 is 36.2 Å². The second-order valence-electron chi connectivity index (χ2n) is 7.88. The summed E-state index contributed by atoms with van der Waals surface area (Å²) in [6, 6.07) is 8.94. The molecule has 2 bridgehead atoms. The highest BCUT2D eigenvalue weighted by molar-refractivity contribution is 9.09. The Morgan fingerprint density at radius 3 is 2.58 bits per heavy atom. The van der Waals surface area contributed by atoms with Crippen molar-refractivity contribution in [1.29, 1.82) is 0 Å². The fourth-order valence-corrected chi connectivity index (χ4v) is 5.92. The van der Waals surface area contributed by atoms with E-state index in [1.807, 2.05) is 0 Å². The van der Waals surface area contributed by atoms with Gasteiger partial charge in [0, 0.05) is 11.5 Å². The molecule has 0 amide bonds. The number of hydrogen-bond acceptors (Lipinski definition) is 8. The van der Waals surface area contributed by atoms with Gasteiger partial charge in [-0.15, -0.1) is 0 Å². The maximum atomic E-state index is 12.7. The molecule has 31 heavy (non-hydrogen) atoms. The van der Waals surface area contributed by atoms with Gasteiger partial charge in [-0.2, -0.15) is 0 Å². The quantitative estimate of drug-likeness (QED) is 0.264. The first-order valence-electron chi connectivity index (χ1n) is 9.84. The van der Waals surface area contributed by atoms with Gasteiger partial charge in [0.25, 0.3) is 0 Å². The van der Waals surface area contributed by atoms with Crippen molar-refractivity contribution in [2.45, 2.75) is 17.4 Å². The minimum absolute atomic E-state index is 0.0304. The van der Waals surface area contributed by atoms with Crippen LogP contribution in [0.25, 0.3) is 0 Å². The van der Waals surface area contributed by atoms with Gasteiger partial charge in [0.1, 0.15) is 11.9 Å². The zero-order valence-electron chi connectivity index (χ0n) is 16.1. The number of rotatable bonds is 6. The monoisotopic (exact) mass is 488 g/mol. The average molecular weight is 489 g/mol. The lowest BCUT2D eigenvalue weighted by atomic mass is 9.80. The normalized spacial score (nSPS) is 30.2. The van der Waals surface area contributed by atoms with E-state index in [1.165, 1.54) is 36.6 Å². The third-order valence-corrected chi connectivity index (χ3v) is 7.45. The Balaban J connectivity index is 1.18. The van der Waals surface area contributed by atoms with E-state index >= 15 is 0 Å². The molecule has 1 saturated heterocycles. The number of furan rings is 1. The number of carbonyl (C=O) groups is 4. The maximum absolute atomic E-state index is 12.7. The smallest absolute Gasteiger partial charge is 0.379 e. The molecule has 2 saturated carbocycles. The molecule has 3 fully saturated rings. The van der Waals surface area contributed by atoms with Gasteiger partial charge >= 0.3 is 17.9 Å². The summed E-state index contributed by atoms with van der Waals surface area (Å²) in [4.78, 5) is 49.0. The molecule has 1 aliphatic heterocycles. The number of alkyl halides is 1. The summed E-state index contributed by atoms with van der Waals surface area (Å²) in [7, 11) is 0. The molecule has 2 aliphatic carbocycles. The van der Waals surface area contributed by atoms with Crippen molar-refractivity contribution >= 4 is 39.6 Å². The van der Waals surface area contributed by atoms with Gasteiger partial charge in [0.2, 0.25) is 5.76 Å². The van der Waals surface area contributed by atoms with Gasteiger partial charge in [-0.3, -0.25) is 14.4 Å². The topological polar surface area (TPSA) is 109 Å². The average Bonchev–Trinajstić information content (AvgIpc) is 3.52. The first kappa shape index (κ1) is 20.0. The third-order valence-electron chi connectivity index (χ3n) is 6.25. The van der Waals surface area contributed by atoms with Crippen molar-refractivity contribution in [2.75, 3.05) is 6.61 Å². The first-order valence-corrected chi connectivity index (χ1v) is 10.8. The lowest BCUT2D eigenvalue weighted by Gasteiger charge is -2.26. The molecule has 0 N–H and O–H groups in total. The number of ether oxygens (including phenoxy) is 3. The van der Waals surface area contributed by atoms with Crippen LogP contribution in [-0.2, 0) is 19.1 Å². The van der Waals surface area contributed by atoms with E-state index in [4.69, 9.17) is 18.6 Å². The minimum atomic E-state index is -0.651. The van der Waals surface area contributed by atoms with E-state index in [-0.39, 0.29) is 40.2 Å². The molecule has 2 heterocycles. The van der Waals surface area contributed by atoms with Crippen LogP contribution in [-0.4, -0.2) is 41.2 Å². The Morgan fingerprint density at radius 2 is 1.87 bits per heavy atom. The fraction of sp³-hybridized carbons (Fsp3) is 0.364. The largest absolute Gasteiger partial charge is 0.461 e. The second kappa shape index (κ2) is 7.64. The van der Waals surface area contributed by atoms with Crippen LogP contribution < -0.4 is 4.74 Å².